The third-order valence-electron chi connectivity index (χ3n) is 7.10. The smallest absolute Gasteiger partial charge is 0.393 e. The Bertz CT molecular complexity index is 1250. The van der Waals surface area contributed by atoms with Gasteiger partial charge in [0.2, 0.25) is 0 Å². The second-order valence-corrected chi connectivity index (χ2v) is 10.8. The molecule has 0 bridgehead atoms. The fourth-order valence-electron chi connectivity index (χ4n) is 5.78. The molecule has 3 aliphatic rings. The van der Waals surface area contributed by atoms with Gasteiger partial charge < -0.3 is 9.64 Å². The first-order valence-corrected chi connectivity index (χ1v) is 11.9. The topological polar surface area (TPSA) is 55.3 Å². The Morgan fingerprint density at radius 3 is 2.88 bits per heavy atom. The minimum atomic E-state index is -4.23. The molecule has 2 fully saturated rings. The van der Waals surface area contributed by atoms with Crippen molar-refractivity contribution in [2.45, 2.75) is 44.7 Å². The van der Waals surface area contributed by atoms with E-state index in [4.69, 9.17) is 4.74 Å². The molecular formula is C24H22F3N3O2S. The molecule has 9 heteroatoms. The maximum absolute atomic E-state index is 12.8. The molecule has 0 radical (unpaired) electrons. The molecule has 1 atom stereocenters. The van der Waals surface area contributed by atoms with Gasteiger partial charge in [-0.1, -0.05) is 12.1 Å². The number of rotatable bonds is 4. The Morgan fingerprint density at radius 2 is 2.06 bits per heavy atom. The van der Waals surface area contributed by atoms with Crippen LogP contribution in [0.15, 0.2) is 30.6 Å². The van der Waals surface area contributed by atoms with Crippen LogP contribution in [0.1, 0.15) is 35.3 Å². The van der Waals surface area contributed by atoms with E-state index < -0.39 is 12.6 Å². The molecule has 2 aromatic heterocycles. The zero-order valence-electron chi connectivity index (χ0n) is 17.8. The lowest BCUT2D eigenvalue weighted by molar-refractivity contribution is -0.132. The Kier molecular flexibility index (Phi) is 4.69. The third kappa shape index (κ3) is 3.96. The molecule has 172 valence electrons. The first kappa shape index (κ1) is 20.9. The molecule has 1 saturated heterocycles. The third-order valence-corrected chi connectivity index (χ3v) is 8.14. The Balaban J connectivity index is 1.12. The van der Waals surface area contributed by atoms with Gasteiger partial charge in [0.15, 0.2) is 0 Å². The van der Waals surface area contributed by atoms with Crippen molar-refractivity contribution < 1.29 is 22.7 Å². The van der Waals surface area contributed by atoms with Crippen LogP contribution < -0.4 is 9.64 Å². The van der Waals surface area contributed by atoms with Gasteiger partial charge in [0, 0.05) is 28.9 Å². The first-order valence-electron chi connectivity index (χ1n) is 11.1. The highest BCUT2D eigenvalue weighted by atomic mass is 32.1. The Labute approximate surface area is 192 Å². The van der Waals surface area contributed by atoms with Gasteiger partial charge in [0.05, 0.1) is 18.2 Å². The molecule has 6 rings (SSSR count). The minimum absolute atomic E-state index is 0.188. The van der Waals surface area contributed by atoms with Crippen molar-refractivity contribution in [3.05, 3.63) is 46.6 Å². The summed E-state index contributed by atoms with van der Waals surface area (Å²) in [6.07, 6.45) is 1.09. The van der Waals surface area contributed by atoms with Crippen LogP contribution in [0.5, 0.6) is 5.75 Å². The fraction of sp³-hybridized carbons (Fsp3) is 0.458. The van der Waals surface area contributed by atoms with Gasteiger partial charge >= 0.3 is 12.1 Å². The molecule has 1 aliphatic carbocycles. The maximum atomic E-state index is 12.8. The Morgan fingerprint density at radius 1 is 1.21 bits per heavy atom. The lowest BCUT2D eigenvalue weighted by atomic mass is 9.77. The van der Waals surface area contributed by atoms with Gasteiger partial charge in [-0.05, 0) is 49.3 Å². The van der Waals surface area contributed by atoms with Crippen LogP contribution in [0.2, 0.25) is 0 Å². The van der Waals surface area contributed by atoms with Gasteiger partial charge in [0.1, 0.15) is 22.7 Å². The first-order chi connectivity index (χ1) is 15.8. The predicted octanol–water partition coefficient (Wildman–Crippen LogP) is 5.11. The molecule has 0 N–H and O–H groups in total. The molecule has 1 aromatic carbocycles. The summed E-state index contributed by atoms with van der Waals surface area (Å²) in [5.74, 6) is 1.84. The van der Waals surface area contributed by atoms with E-state index in [2.05, 4.69) is 27.0 Å². The SMILES string of the molecule is O=C1Cc2cc(C[C@H]3CCC4(C3)CN(c3ncnc5sc(CC(F)(F)F)cc35)C4)ccc2O1. The van der Waals surface area contributed by atoms with Gasteiger partial charge in [-0.2, -0.15) is 13.2 Å². The number of hydrogen-bond acceptors (Lipinski definition) is 6. The van der Waals surface area contributed by atoms with E-state index in [-0.39, 0.29) is 16.3 Å². The van der Waals surface area contributed by atoms with Gasteiger partial charge in [-0.15, -0.1) is 11.3 Å². The summed E-state index contributed by atoms with van der Waals surface area (Å²) in [6.45, 7) is 1.76. The largest absolute Gasteiger partial charge is 0.426 e. The van der Waals surface area contributed by atoms with E-state index in [0.29, 0.717) is 22.9 Å². The Hall–Kier alpha value is -2.68. The van der Waals surface area contributed by atoms with Crippen LogP contribution in [0.3, 0.4) is 0 Å². The lowest BCUT2D eigenvalue weighted by Crippen LogP contribution is -2.55. The summed E-state index contributed by atoms with van der Waals surface area (Å²) >= 11 is 1.10. The zero-order chi connectivity index (χ0) is 22.8. The molecule has 5 nitrogen and oxygen atoms in total. The maximum Gasteiger partial charge on any atom is 0.393 e. The van der Waals surface area contributed by atoms with Crippen LogP contribution in [0.4, 0.5) is 19.0 Å². The van der Waals surface area contributed by atoms with Crippen molar-refractivity contribution in [3.63, 3.8) is 0 Å². The number of fused-ring (bicyclic) bond motifs is 2. The van der Waals surface area contributed by atoms with Crippen LogP contribution in [-0.4, -0.2) is 35.2 Å². The van der Waals surface area contributed by atoms with Crippen LogP contribution in [0.25, 0.3) is 10.2 Å². The van der Waals surface area contributed by atoms with Crippen molar-refractivity contribution in [3.8, 4) is 5.75 Å². The van der Waals surface area contributed by atoms with Gasteiger partial charge in [-0.25, -0.2) is 9.97 Å². The summed E-state index contributed by atoms with van der Waals surface area (Å²) in [7, 11) is 0. The van der Waals surface area contributed by atoms with E-state index in [1.54, 1.807) is 6.07 Å². The van der Waals surface area contributed by atoms with Crippen LogP contribution >= 0.6 is 11.3 Å². The highest BCUT2D eigenvalue weighted by Gasteiger charge is 2.48. The minimum Gasteiger partial charge on any atom is -0.426 e. The summed E-state index contributed by atoms with van der Waals surface area (Å²) < 4.78 is 43.7. The number of anilines is 1. The quantitative estimate of drug-likeness (QED) is 0.390. The molecule has 0 amide bonds. The number of esters is 1. The average Bonchev–Trinajstić information content (AvgIpc) is 3.40. The van der Waals surface area contributed by atoms with Gasteiger partial charge in [-0.3, -0.25) is 4.79 Å². The summed E-state index contributed by atoms with van der Waals surface area (Å²) in [6, 6.07) is 7.67. The molecule has 4 heterocycles. The number of hydrogen-bond donors (Lipinski definition) is 0. The zero-order valence-corrected chi connectivity index (χ0v) is 18.6. The number of nitrogens with zero attached hydrogens (tertiary/aromatic N) is 3. The van der Waals surface area contributed by atoms with E-state index in [1.807, 2.05) is 6.07 Å². The number of halogens is 3. The van der Waals surface area contributed by atoms with Crippen molar-refractivity contribution in [2.75, 3.05) is 18.0 Å². The van der Waals surface area contributed by atoms with Crippen LogP contribution in [-0.2, 0) is 24.1 Å². The molecule has 33 heavy (non-hydrogen) atoms. The lowest BCUT2D eigenvalue weighted by Gasteiger charge is -2.49. The molecular weight excluding hydrogens is 451 g/mol. The van der Waals surface area contributed by atoms with E-state index in [9.17, 15) is 18.0 Å². The highest BCUT2D eigenvalue weighted by Crippen LogP contribution is 2.51. The molecule has 3 aromatic rings. The number of benzene rings is 1. The number of carbonyl (C=O) groups is 1. The van der Waals surface area contributed by atoms with Crippen molar-refractivity contribution >= 4 is 33.3 Å². The summed E-state index contributed by atoms with van der Waals surface area (Å²) in [5.41, 5.74) is 2.48. The van der Waals surface area contributed by atoms with Crippen molar-refractivity contribution in [1.82, 2.24) is 9.97 Å². The van der Waals surface area contributed by atoms with E-state index in [1.165, 1.54) is 11.9 Å². The summed E-state index contributed by atoms with van der Waals surface area (Å²) in [4.78, 5) is 23.2. The predicted molar refractivity (Wildman–Crippen MR) is 119 cm³/mol. The number of ether oxygens (including phenoxy) is 1. The second-order valence-electron chi connectivity index (χ2n) is 9.68. The number of aromatic nitrogens is 2. The molecule has 1 spiro atoms. The van der Waals surface area contributed by atoms with Gasteiger partial charge in [0.25, 0.3) is 0 Å². The number of alkyl halides is 3. The standard InChI is InChI=1S/C24H22F3N3O2S/c25-24(26,27)10-17-8-18-21(28-13-29-22(18)33-17)30-11-23(12-30)4-3-15(9-23)5-14-1-2-19-16(6-14)7-20(31)32-19/h1-2,6,8,13,15H,3-5,7,9-12H2/t15-/m1/s1. The highest BCUT2D eigenvalue weighted by molar-refractivity contribution is 7.18. The number of thiophene rings is 1. The van der Waals surface area contributed by atoms with Crippen LogP contribution in [0, 0.1) is 11.3 Å². The monoisotopic (exact) mass is 473 g/mol. The fourth-order valence-corrected chi connectivity index (χ4v) is 6.80. The average molecular weight is 474 g/mol. The summed E-state index contributed by atoms with van der Waals surface area (Å²) in [5, 5.41) is 0.723. The van der Waals surface area contributed by atoms with Crippen molar-refractivity contribution in [1.29, 1.82) is 0 Å². The number of carbonyl (C=O) groups excluding carboxylic acids is 1. The van der Waals surface area contributed by atoms with Crippen molar-refractivity contribution in [2.24, 2.45) is 11.3 Å². The normalized spacial score (nSPS) is 21.5. The second kappa shape index (κ2) is 7.41. The molecule has 2 aliphatic heterocycles. The van der Waals surface area contributed by atoms with E-state index in [0.717, 1.165) is 66.9 Å². The molecule has 0 unspecified atom stereocenters. The van der Waals surface area contributed by atoms with E-state index >= 15 is 0 Å². The molecule has 1 saturated carbocycles.